The second kappa shape index (κ2) is 3.71. The fourth-order valence-electron chi connectivity index (χ4n) is 0.832. The third-order valence-corrected chi connectivity index (χ3v) is 1.55. The molecule has 0 aliphatic carbocycles. The lowest BCUT2D eigenvalue weighted by molar-refractivity contribution is -0.130. The number of aliphatic carboxylic acids is 1. The summed E-state index contributed by atoms with van der Waals surface area (Å²) in [6.07, 6.45) is 1.47. The molecular weight excluding hydrogens is 170 g/mol. The average molecular weight is 179 g/mol. The highest BCUT2D eigenvalue weighted by Gasteiger charge is 2.07. The summed E-state index contributed by atoms with van der Waals surface area (Å²) >= 11 is 0. The molecule has 0 bridgehead atoms. The molecule has 1 rings (SSSR count). The van der Waals surface area contributed by atoms with Crippen LogP contribution in [0.4, 0.5) is 0 Å². The molecule has 0 aliphatic rings. The molecule has 13 heavy (non-hydrogen) atoms. The van der Waals surface area contributed by atoms with Crippen LogP contribution in [-0.4, -0.2) is 23.2 Å². The number of methoxy groups -OCH3 is 1. The topological polar surface area (TPSA) is 59.4 Å². The van der Waals surface area contributed by atoms with Crippen molar-refractivity contribution in [2.24, 2.45) is 0 Å². The standard InChI is InChI=1S/C9H9NO3/c1-6(9(11)12)7-3-4-10-8(5-7)13-2/h3-5H,1H2,2H3,(H,11,12). The molecule has 0 atom stereocenters. The zero-order valence-corrected chi connectivity index (χ0v) is 7.15. The van der Waals surface area contributed by atoms with E-state index in [4.69, 9.17) is 9.84 Å². The van der Waals surface area contributed by atoms with Crippen LogP contribution in [0.25, 0.3) is 5.57 Å². The van der Waals surface area contributed by atoms with Crippen molar-refractivity contribution >= 4 is 11.5 Å². The predicted molar refractivity (Wildman–Crippen MR) is 47.5 cm³/mol. The minimum absolute atomic E-state index is 0.0284. The largest absolute Gasteiger partial charge is 0.481 e. The van der Waals surface area contributed by atoms with E-state index in [1.807, 2.05) is 0 Å². The fourth-order valence-corrected chi connectivity index (χ4v) is 0.832. The average Bonchev–Trinajstić information content (AvgIpc) is 2.16. The molecule has 0 spiro atoms. The normalized spacial score (nSPS) is 9.31. The Morgan fingerprint density at radius 2 is 2.38 bits per heavy atom. The van der Waals surface area contributed by atoms with Crippen molar-refractivity contribution in [3.63, 3.8) is 0 Å². The quantitative estimate of drug-likeness (QED) is 0.708. The van der Waals surface area contributed by atoms with E-state index in [-0.39, 0.29) is 5.57 Å². The molecule has 0 aromatic carbocycles. The highest BCUT2D eigenvalue weighted by molar-refractivity contribution is 6.14. The molecule has 0 unspecified atom stereocenters. The molecule has 0 fully saturated rings. The molecule has 1 aromatic heterocycles. The molecule has 1 aromatic rings. The first-order valence-corrected chi connectivity index (χ1v) is 3.57. The van der Waals surface area contributed by atoms with E-state index in [0.717, 1.165) is 0 Å². The number of pyridine rings is 1. The Bertz CT molecular complexity index is 346. The maximum atomic E-state index is 10.5. The molecule has 68 valence electrons. The van der Waals surface area contributed by atoms with E-state index < -0.39 is 5.97 Å². The van der Waals surface area contributed by atoms with Crippen LogP contribution >= 0.6 is 0 Å². The second-order valence-electron chi connectivity index (χ2n) is 2.37. The summed E-state index contributed by atoms with van der Waals surface area (Å²) in [6, 6.07) is 3.09. The van der Waals surface area contributed by atoms with E-state index in [1.165, 1.54) is 19.4 Å². The van der Waals surface area contributed by atoms with Crippen LogP contribution < -0.4 is 4.74 Å². The molecule has 0 saturated heterocycles. The van der Waals surface area contributed by atoms with Crippen molar-refractivity contribution < 1.29 is 14.6 Å². The third-order valence-electron chi connectivity index (χ3n) is 1.55. The van der Waals surface area contributed by atoms with Crippen LogP contribution in [0.5, 0.6) is 5.88 Å². The van der Waals surface area contributed by atoms with Gasteiger partial charge in [0.1, 0.15) is 0 Å². The summed E-state index contributed by atoms with van der Waals surface area (Å²) in [6.45, 7) is 3.42. The summed E-state index contributed by atoms with van der Waals surface area (Å²) in [4.78, 5) is 14.4. The summed E-state index contributed by atoms with van der Waals surface area (Å²) in [5, 5.41) is 8.64. The van der Waals surface area contributed by atoms with Crippen molar-refractivity contribution in [3.05, 3.63) is 30.5 Å². The molecule has 0 aliphatic heterocycles. The smallest absolute Gasteiger partial charge is 0.335 e. The Labute approximate surface area is 75.5 Å². The first-order valence-electron chi connectivity index (χ1n) is 3.57. The maximum Gasteiger partial charge on any atom is 0.335 e. The zero-order chi connectivity index (χ0) is 9.84. The van der Waals surface area contributed by atoms with Gasteiger partial charge in [0.05, 0.1) is 12.7 Å². The van der Waals surface area contributed by atoms with Gasteiger partial charge in [-0.15, -0.1) is 0 Å². The molecule has 0 amide bonds. The number of carbonyl (C=O) groups is 1. The van der Waals surface area contributed by atoms with Crippen molar-refractivity contribution in [2.75, 3.05) is 7.11 Å². The minimum Gasteiger partial charge on any atom is -0.481 e. The summed E-state index contributed by atoms with van der Waals surface area (Å²) in [5.74, 6) is -0.673. The molecule has 4 heteroatoms. The Balaban J connectivity index is 3.02. The van der Waals surface area contributed by atoms with Gasteiger partial charge in [-0.2, -0.15) is 0 Å². The van der Waals surface area contributed by atoms with E-state index in [9.17, 15) is 4.79 Å². The van der Waals surface area contributed by atoms with E-state index >= 15 is 0 Å². The number of carboxylic acid groups (broad SMARTS) is 1. The van der Waals surface area contributed by atoms with Crippen LogP contribution in [0.2, 0.25) is 0 Å². The minimum atomic E-state index is -1.05. The van der Waals surface area contributed by atoms with Gasteiger partial charge in [-0.1, -0.05) is 6.58 Å². The third kappa shape index (κ3) is 2.05. The molecular formula is C9H9NO3. The van der Waals surface area contributed by atoms with Gasteiger partial charge in [0.2, 0.25) is 5.88 Å². The Kier molecular flexibility index (Phi) is 2.64. The van der Waals surface area contributed by atoms with Crippen LogP contribution in [0.3, 0.4) is 0 Å². The van der Waals surface area contributed by atoms with Gasteiger partial charge in [0.25, 0.3) is 0 Å². The van der Waals surface area contributed by atoms with Gasteiger partial charge in [0, 0.05) is 12.3 Å². The van der Waals surface area contributed by atoms with Crippen molar-refractivity contribution in [2.45, 2.75) is 0 Å². The number of nitrogens with zero attached hydrogens (tertiary/aromatic N) is 1. The first kappa shape index (κ1) is 9.25. The van der Waals surface area contributed by atoms with Crippen molar-refractivity contribution in [1.82, 2.24) is 4.98 Å². The lowest BCUT2D eigenvalue weighted by Crippen LogP contribution is -1.98. The predicted octanol–water partition coefficient (Wildman–Crippen LogP) is 1.19. The number of carboxylic acids is 1. The number of rotatable bonds is 3. The van der Waals surface area contributed by atoms with Crippen LogP contribution in [0.1, 0.15) is 5.56 Å². The Hall–Kier alpha value is -1.84. The van der Waals surface area contributed by atoms with Crippen LogP contribution in [-0.2, 0) is 4.79 Å². The molecule has 0 radical (unpaired) electrons. The summed E-state index contributed by atoms with van der Waals surface area (Å²) in [5.41, 5.74) is 0.528. The van der Waals surface area contributed by atoms with Gasteiger partial charge in [-0.25, -0.2) is 9.78 Å². The van der Waals surface area contributed by atoms with Gasteiger partial charge in [-0.05, 0) is 11.6 Å². The first-order chi connectivity index (χ1) is 6.15. The summed E-state index contributed by atoms with van der Waals surface area (Å²) in [7, 11) is 1.47. The number of hydrogen-bond acceptors (Lipinski definition) is 3. The van der Waals surface area contributed by atoms with Gasteiger partial charge >= 0.3 is 5.97 Å². The molecule has 4 nitrogen and oxygen atoms in total. The molecule has 1 heterocycles. The van der Waals surface area contributed by atoms with Crippen LogP contribution in [0.15, 0.2) is 24.9 Å². The van der Waals surface area contributed by atoms with Crippen molar-refractivity contribution in [1.29, 1.82) is 0 Å². The Morgan fingerprint density at radius 1 is 1.69 bits per heavy atom. The number of ether oxygens (including phenoxy) is 1. The number of aromatic nitrogens is 1. The lowest BCUT2D eigenvalue weighted by atomic mass is 10.1. The van der Waals surface area contributed by atoms with Gasteiger partial charge < -0.3 is 9.84 Å². The highest BCUT2D eigenvalue weighted by atomic mass is 16.5. The lowest BCUT2D eigenvalue weighted by Gasteiger charge is -2.02. The molecule has 0 saturated carbocycles. The van der Waals surface area contributed by atoms with E-state index in [1.54, 1.807) is 6.07 Å². The SMILES string of the molecule is C=C(C(=O)O)c1ccnc(OC)c1. The maximum absolute atomic E-state index is 10.5. The summed E-state index contributed by atoms with van der Waals surface area (Å²) < 4.78 is 4.84. The fraction of sp³-hybridized carbons (Fsp3) is 0.111. The van der Waals surface area contributed by atoms with Crippen LogP contribution in [0, 0.1) is 0 Å². The molecule has 1 N–H and O–H groups in total. The van der Waals surface area contributed by atoms with E-state index in [2.05, 4.69) is 11.6 Å². The second-order valence-corrected chi connectivity index (χ2v) is 2.37. The number of hydrogen-bond donors (Lipinski definition) is 1. The van der Waals surface area contributed by atoms with E-state index in [0.29, 0.717) is 11.4 Å². The van der Waals surface area contributed by atoms with Crippen molar-refractivity contribution in [3.8, 4) is 5.88 Å². The monoisotopic (exact) mass is 179 g/mol. The zero-order valence-electron chi connectivity index (χ0n) is 7.15. The van der Waals surface area contributed by atoms with Gasteiger partial charge in [0.15, 0.2) is 0 Å². The Morgan fingerprint density at radius 3 is 2.92 bits per heavy atom. The van der Waals surface area contributed by atoms with Gasteiger partial charge in [-0.3, -0.25) is 0 Å². The highest BCUT2D eigenvalue weighted by Crippen LogP contribution is 2.16.